The summed E-state index contributed by atoms with van der Waals surface area (Å²) in [4.78, 5) is 28.1. The van der Waals surface area contributed by atoms with Crippen LogP contribution in [0.25, 0.3) is 0 Å². The highest BCUT2D eigenvalue weighted by atomic mass is 35.5. The number of piperazine rings is 1. The van der Waals surface area contributed by atoms with Crippen molar-refractivity contribution in [3.63, 3.8) is 0 Å². The zero-order chi connectivity index (χ0) is 20.1. The van der Waals surface area contributed by atoms with Gasteiger partial charge in [0.1, 0.15) is 0 Å². The molecule has 1 fully saturated rings. The number of hydrogen-bond donors (Lipinski definition) is 1. The van der Waals surface area contributed by atoms with Crippen molar-refractivity contribution in [2.24, 2.45) is 0 Å². The number of alkyl halides is 3. The molecule has 2 amide bonds. The van der Waals surface area contributed by atoms with Crippen LogP contribution in [-0.4, -0.2) is 60.9 Å². The summed E-state index contributed by atoms with van der Waals surface area (Å²) in [5.74, 6) is -0.364. The van der Waals surface area contributed by atoms with Crippen molar-refractivity contribution in [3.05, 3.63) is 57.8 Å². The van der Waals surface area contributed by atoms with E-state index in [4.69, 9.17) is 0 Å². The second-order valence-electron chi connectivity index (χ2n) is 6.48. The number of thiophene rings is 1. The summed E-state index contributed by atoms with van der Waals surface area (Å²) in [6.07, 6.45) is -4.41. The predicted molar refractivity (Wildman–Crippen MR) is 108 cm³/mol. The zero-order valence-corrected chi connectivity index (χ0v) is 17.1. The van der Waals surface area contributed by atoms with E-state index in [1.807, 2.05) is 5.38 Å². The van der Waals surface area contributed by atoms with Gasteiger partial charge in [0.25, 0.3) is 11.8 Å². The first kappa shape index (κ1) is 23.2. The Hall–Kier alpha value is -2.10. The number of amides is 2. The van der Waals surface area contributed by atoms with Crippen LogP contribution in [0.5, 0.6) is 0 Å². The fraction of sp³-hybridized carbons (Fsp3) is 0.368. The Bertz CT molecular complexity index is 805. The van der Waals surface area contributed by atoms with Gasteiger partial charge in [-0.25, -0.2) is 0 Å². The Morgan fingerprint density at radius 3 is 2.21 bits per heavy atom. The molecule has 10 heteroatoms. The normalized spacial score (nSPS) is 14.9. The maximum Gasteiger partial charge on any atom is 0.416 e. The summed E-state index contributed by atoms with van der Waals surface area (Å²) in [5.41, 5.74) is 0.139. The summed E-state index contributed by atoms with van der Waals surface area (Å²) in [5, 5.41) is 6.50. The van der Waals surface area contributed by atoms with Crippen LogP contribution in [0, 0.1) is 0 Å². The van der Waals surface area contributed by atoms with E-state index in [1.165, 1.54) is 23.5 Å². The molecule has 0 atom stereocenters. The van der Waals surface area contributed by atoms with Crippen molar-refractivity contribution in [1.29, 1.82) is 0 Å². The van der Waals surface area contributed by atoms with Gasteiger partial charge in [0.05, 0.1) is 5.56 Å². The van der Waals surface area contributed by atoms with E-state index >= 15 is 0 Å². The van der Waals surface area contributed by atoms with Gasteiger partial charge in [-0.3, -0.25) is 14.5 Å². The predicted octanol–water partition coefficient (Wildman–Crippen LogP) is 3.38. The van der Waals surface area contributed by atoms with Crippen molar-refractivity contribution in [3.8, 4) is 0 Å². The van der Waals surface area contributed by atoms with Crippen LogP contribution in [0.15, 0.2) is 41.1 Å². The lowest BCUT2D eigenvalue weighted by atomic mass is 10.1. The summed E-state index contributed by atoms with van der Waals surface area (Å²) in [6.45, 7) is 3.50. The molecule has 0 bridgehead atoms. The van der Waals surface area contributed by atoms with E-state index in [2.05, 4.69) is 10.2 Å². The van der Waals surface area contributed by atoms with Gasteiger partial charge in [-0.2, -0.15) is 24.5 Å². The zero-order valence-electron chi connectivity index (χ0n) is 15.4. The van der Waals surface area contributed by atoms with Crippen LogP contribution in [0.4, 0.5) is 13.2 Å². The Balaban J connectivity index is 0.00000300. The minimum atomic E-state index is -4.41. The van der Waals surface area contributed by atoms with Crippen molar-refractivity contribution in [1.82, 2.24) is 15.1 Å². The molecule has 3 rings (SSSR count). The molecule has 2 aromatic rings. The molecule has 158 valence electrons. The van der Waals surface area contributed by atoms with E-state index in [9.17, 15) is 22.8 Å². The number of rotatable bonds is 5. The Labute approximate surface area is 176 Å². The second kappa shape index (κ2) is 10.1. The number of benzene rings is 1. The molecule has 1 aliphatic rings. The summed E-state index contributed by atoms with van der Waals surface area (Å²) in [7, 11) is 0. The van der Waals surface area contributed by atoms with Crippen LogP contribution < -0.4 is 5.32 Å². The molecule has 0 aliphatic carbocycles. The van der Waals surface area contributed by atoms with Gasteiger partial charge in [-0.05, 0) is 35.7 Å². The maximum atomic E-state index is 12.6. The number of carbonyl (C=O) groups excluding carboxylic acids is 2. The van der Waals surface area contributed by atoms with E-state index in [-0.39, 0.29) is 29.8 Å². The highest BCUT2D eigenvalue weighted by Crippen LogP contribution is 2.29. The molecule has 0 spiro atoms. The van der Waals surface area contributed by atoms with Crippen LogP contribution in [0.2, 0.25) is 0 Å². The minimum absolute atomic E-state index is 0. The van der Waals surface area contributed by atoms with Gasteiger partial charge < -0.3 is 10.2 Å². The third-order valence-electron chi connectivity index (χ3n) is 4.62. The lowest BCUT2D eigenvalue weighted by Gasteiger charge is -2.34. The Morgan fingerprint density at radius 2 is 1.66 bits per heavy atom. The molecule has 0 unspecified atom stereocenters. The topological polar surface area (TPSA) is 52.7 Å². The highest BCUT2D eigenvalue weighted by Gasteiger charge is 2.30. The SMILES string of the molecule is Cl.O=C(NCCN1CCN(C(=O)c2ccc(C(F)(F)F)cc2)CC1)c1ccsc1. The molecule has 1 N–H and O–H groups in total. The van der Waals surface area contributed by atoms with Gasteiger partial charge in [0, 0.05) is 55.8 Å². The summed E-state index contributed by atoms with van der Waals surface area (Å²) >= 11 is 1.47. The smallest absolute Gasteiger partial charge is 0.351 e. The van der Waals surface area contributed by atoms with Gasteiger partial charge >= 0.3 is 6.18 Å². The number of nitrogens with one attached hydrogen (secondary N) is 1. The van der Waals surface area contributed by atoms with Gasteiger partial charge in [0.2, 0.25) is 0 Å². The minimum Gasteiger partial charge on any atom is -0.351 e. The standard InChI is InChI=1S/C19H20F3N3O2S.ClH/c20-19(21,22)16-3-1-14(2-4-16)18(27)25-10-8-24(9-11-25)7-6-23-17(26)15-5-12-28-13-15;/h1-5,12-13H,6-11H2,(H,23,26);1H. The number of nitrogens with zero attached hydrogens (tertiary/aromatic N) is 2. The van der Waals surface area contributed by atoms with Crippen LogP contribution in [0.3, 0.4) is 0 Å². The summed E-state index contributed by atoms with van der Waals surface area (Å²) < 4.78 is 37.9. The number of halogens is 4. The number of hydrogen-bond acceptors (Lipinski definition) is 4. The van der Waals surface area contributed by atoms with Crippen LogP contribution in [0.1, 0.15) is 26.3 Å². The third-order valence-corrected chi connectivity index (χ3v) is 5.30. The maximum absolute atomic E-state index is 12.6. The molecule has 1 aromatic heterocycles. The molecular weight excluding hydrogens is 427 g/mol. The molecule has 1 aromatic carbocycles. The van der Waals surface area contributed by atoms with E-state index < -0.39 is 11.7 Å². The largest absolute Gasteiger partial charge is 0.416 e. The van der Waals surface area contributed by atoms with E-state index in [0.29, 0.717) is 44.8 Å². The fourth-order valence-electron chi connectivity index (χ4n) is 2.98. The van der Waals surface area contributed by atoms with Gasteiger partial charge in [0.15, 0.2) is 0 Å². The van der Waals surface area contributed by atoms with Crippen LogP contribution in [-0.2, 0) is 6.18 Å². The average Bonchev–Trinajstić information content (AvgIpc) is 3.22. The molecule has 0 saturated carbocycles. The molecule has 5 nitrogen and oxygen atoms in total. The molecule has 1 aliphatic heterocycles. The quantitative estimate of drug-likeness (QED) is 0.764. The van der Waals surface area contributed by atoms with Crippen molar-refractivity contribution >= 4 is 35.6 Å². The Kier molecular flexibility index (Phi) is 8.06. The van der Waals surface area contributed by atoms with Crippen molar-refractivity contribution < 1.29 is 22.8 Å². The van der Waals surface area contributed by atoms with Gasteiger partial charge in [-0.1, -0.05) is 0 Å². The average molecular weight is 448 g/mol. The van der Waals surface area contributed by atoms with Crippen molar-refractivity contribution in [2.45, 2.75) is 6.18 Å². The lowest BCUT2D eigenvalue weighted by molar-refractivity contribution is -0.137. The van der Waals surface area contributed by atoms with Crippen molar-refractivity contribution in [2.75, 3.05) is 39.3 Å². The first-order valence-electron chi connectivity index (χ1n) is 8.84. The molecule has 0 radical (unpaired) electrons. The monoisotopic (exact) mass is 447 g/mol. The fourth-order valence-corrected chi connectivity index (χ4v) is 3.62. The molecule has 2 heterocycles. The molecule has 1 saturated heterocycles. The second-order valence-corrected chi connectivity index (χ2v) is 7.26. The molecular formula is C19H21ClF3N3O2S. The Morgan fingerprint density at radius 1 is 1.00 bits per heavy atom. The van der Waals surface area contributed by atoms with Crippen LogP contribution >= 0.6 is 23.7 Å². The van der Waals surface area contributed by atoms with Gasteiger partial charge in [-0.15, -0.1) is 12.4 Å². The third kappa shape index (κ3) is 6.19. The first-order valence-corrected chi connectivity index (χ1v) is 9.78. The van der Waals surface area contributed by atoms with E-state index in [1.54, 1.807) is 16.3 Å². The lowest BCUT2D eigenvalue weighted by Crippen LogP contribution is -2.50. The van der Waals surface area contributed by atoms with E-state index in [0.717, 1.165) is 12.1 Å². The molecule has 29 heavy (non-hydrogen) atoms. The summed E-state index contributed by atoms with van der Waals surface area (Å²) in [6, 6.07) is 6.07. The number of carbonyl (C=O) groups is 2. The first-order chi connectivity index (χ1) is 13.3. The highest BCUT2D eigenvalue weighted by molar-refractivity contribution is 7.08.